The summed E-state index contributed by atoms with van der Waals surface area (Å²) in [6.45, 7) is 0. The number of hydrogen-bond donors (Lipinski definition) is 2. The van der Waals surface area contributed by atoms with E-state index in [0.29, 0.717) is 11.1 Å². The van der Waals surface area contributed by atoms with Crippen molar-refractivity contribution in [2.24, 2.45) is 0 Å². The van der Waals surface area contributed by atoms with Crippen LogP contribution >= 0.6 is 0 Å². The van der Waals surface area contributed by atoms with Crippen LogP contribution in [0.15, 0.2) is 54.6 Å². The molecule has 2 rings (SSSR count). The first-order chi connectivity index (χ1) is 11.0. The van der Waals surface area contributed by atoms with E-state index in [1.807, 2.05) is 0 Å². The van der Waals surface area contributed by atoms with Crippen LogP contribution in [-0.4, -0.2) is 21.9 Å². The third-order valence-corrected chi connectivity index (χ3v) is 3.20. The number of hydrogen-bond acceptors (Lipinski definition) is 4. The van der Waals surface area contributed by atoms with E-state index in [1.54, 1.807) is 36.4 Å². The fourth-order valence-corrected chi connectivity index (χ4v) is 2.11. The van der Waals surface area contributed by atoms with E-state index in [2.05, 4.69) is 5.32 Å². The molecule has 0 fully saturated rings. The highest BCUT2D eigenvalue weighted by Gasteiger charge is 2.20. The lowest BCUT2D eigenvalue weighted by atomic mass is 10.0. The van der Waals surface area contributed by atoms with Gasteiger partial charge in [-0.1, -0.05) is 30.3 Å². The Morgan fingerprint density at radius 3 is 2.43 bits per heavy atom. The molecule has 7 heteroatoms. The van der Waals surface area contributed by atoms with Gasteiger partial charge in [0.2, 0.25) is 0 Å². The molecular weight excluding hydrogens is 300 g/mol. The molecule has 0 saturated carbocycles. The van der Waals surface area contributed by atoms with Crippen molar-refractivity contribution in [2.75, 3.05) is 0 Å². The number of rotatable bonds is 6. The van der Waals surface area contributed by atoms with Crippen molar-refractivity contribution >= 4 is 17.6 Å². The lowest BCUT2D eigenvalue weighted by Gasteiger charge is -2.17. The average Bonchev–Trinajstić information content (AvgIpc) is 2.54. The molecule has 0 saturated heterocycles. The second kappa shape index (κ2) is 7.17. The van der Waals surface area contributed by atoms with Crippen LogP contribution in [-0.2, 0) is 4.79 Å². The summed E-state index contributed by atoms with van der Waals surface area (Å²) >= 11 is 0. The Balaban J connectivity index is 2.27. The predicted molar refractivity (Wildman–Crippen MR) is 82.0 cm³/mol. The Morgan fingerprint density at radius 1 is 1.13 bits per heavy atom. The predicted octanol–water partition coefficient (Wildman–Crippen LogP) is 2.54. The van der Waals surface area contributed by atoms with Crippen LogP contribution in [0.5, 0.6) is 0 Å². The normalized spacial score (nSPS) is 11.5. The largest absolute Gasteiger partial charge is 0.481 e. The van der Waals surface area contributed by atoms with Crippen molar-refractivity contribution < 1.29 is 19.6 Å². The smallest absolute Gasteiger partial charge is 0.305 e. The standard InChI is InChI=1S/C16H14N2O5/c19-15(20)10-14(12-7-4-8-13(9-12)18(22)23)17-16(21)11-5-2-1-3-6-11/h1-9,14H,10H2,(H,17,21)(H,19,20). The Labute approximate surface area is 131 Å². The fourth-order valence-electron chi connectivity index (χ4n) is 2.11. The first-order valence-electron chi connectivity index (χ1n) is 6.79. The van der Waals surface area contributed by atoms with Gasteiger partial charge in [-0.05, 0) is 17.7 Å². The molecule has 0 heterocycles. The van der Waals surface area contributed by atoms with Gasteiger partial charge in [0.05, 0.1) is 17.4 Å². The van der Waals surface area contributed by atoms with Crippen LogP contribution < -0.4 is 5.32 Å². The van der Waals surface area contributed by atoms with E-state index in [-0.39, 0.29) is 12.1 Å². The molecular formula is C16H14N2O5. The third kappa shape index (κ3) is 4.37. The van der Waals surface area contributed by atoms with Crippen LogP contribution in [0, 0.1) is 10.1 Å². The number of carboxylic acids is 1. The van der Waals surface area contributed by atoms with Crippen molar-refractivity contribution in [1.82, 2.24) is 5.32 Å². The molecule has 7 nitrogen and oxygen atoms in total. The molecule has 0 radical (unpaired) electrons. The first-order valence-corrected chi connectivity index (χ1v) is 6.79. The van der Waals surface area contributed by atoms with Gasteiger partial charge in [-0.25, -0.2) is 0 Å². The maximum Gasteiger partial charge on any atom is 0.305 e. The molecule has 0 aliphatic heterocycles. The summed E-state index contributed by atoms with van der Waals surface area (Å²) in [5.74, 6) is -1.56. The topological polar surface area (TPSA) is 110 Å². The number of carboxylic acid groups (broad SMARTS) is 1. The zero-order chi connectivity index (χ0) is 16.8. The number of carbonyl (C=O) groups is 2. The zero-order valence-corrected chi connectivity index (χ0v) is 12.0. The zero-order valence-electron chi connectivity index (χ0n) is 12.0. The minimum Gasteiger partial charge on any atom is -0.481 e. The molecule has 1 atom stereocenters. The van der Waals surface area contributed by atoms with E-state index in [9.17, 15) is 19.7 Å². The van der Waals surface area contributed by atoms with Crippen LogP contribution in [0.3, 0.4) is 0 Å². The molecule has 0 bridgehead atoms. The SMILES string of the molecule is O=C(O)CC(NC(=O)c1ccccc1)c1cccc([N+](=O)[O-])c1. The van der Waals surface area contributed by atoms with E-state index in [4.69, 9.17) is 5.11 Å². The van der Waals surface area contributed by atoms with Gasteiger partial charge in [0.15, 0.2) is 0 Å². The van der Waals surface area contributed by atoms with Gasteiger partial charge in [0.25, 0.3) is 11.6 Å². The highest BCUT2D eigenvalue weighted by molar-refractivity contribution is 5.94. The summed E-state index contributed by atoms with van der Waals surface area (Å²) in [6, 6.07) is 13.0. The maximum absolute atomic E-state index is 12.2. The molecule has 23 heavy (non-hydrogen) atoms. The number of benzene rings is 2. The van der Waals surface area contributed by atoms with Gasteiger partial charge in [-0.15, -0.1) is 0 Å². The minimum absolute atomic E-state index is 0.160. The van der Waals surface area contributed by atoms with E-state index in [1.165, 1.54) is 18.2 Å². The molecule has 0 aliphatic rings. The molecule has 1 amide bonds. The number of aliphatic carboxylic acids is 1. The minimum atomic E-state index is -1.12. The number of non-ortho nitro benzene ring substituents is 1. The Morgan fingerprint density at radius 2 is 1.83 bits per heavy atom. The van der Waals surface area contributed by atoms with E-state index in [0.717, 1.165) is 0 Å². The summed E-state index contributed by atoms with van der Waals surface area (Å²) in [6.07, 6.45) is -0.375. The second-order valence-corrected chi connectivity index (χ2v) is 4.84. The van der Waals surface area contributed by atoms with Crippen molar-refractivity contribution in [2.45, 2.75) is 12.5 Å². The number of nitro benzene ring substituents is 1. The Kier molecular flexibility index (Phi) is 5.03. The van der Waals surface area contributed by atoms with Crippen LogP contribution in [0.2, 0.25) is 0 Å². The molecule has 1 unspecified atom stereocenters. The first kappa shape index (κ1) is 16.2. The molecule has 2 aromatic rings. The molecule has 0 aliphatic carbocycles. The van der Waals surface area contributed by atoms with Gasteiger partial charge < -0.3 is 10.4 Å². The molecule has 0 aromatic heterocycles. The van der Waals surface area contributed by atoms with Gasteiger partial charge >= 0.3 is 5.97 Å². The quantitative estimate of drug-likeness (QED) is 0.629. The number of nitrogens with one attached hydrogen (secondary N) is 1. The van der Waals surface area contributed by atoms with Crippen molar-refractivity contribution in [3.05, 3.63) is 75.8 Å². The second-order valence-electron chi connectivity index (χ2n) is 4.84. The lowest BCUT2D eigenvalue weighted by Crippen LogP contribution is -2.30. The van der Waals surface area contributed by atoms with Gasteiger partial charge in [-0.2, -0.15) is 0 Å². The monoisotopic (exact) mass is 314 g/mol. The summed E-state index contributed by atoms with van der Waals surface area (Å²) in [5.41, 5.74) is 0.589. The van der Waals surface area contributed by atoms with Gasteiger partial charge in [0, 0.05) is 17.7 Å². The fraction of sp³-hybridized carbons (Fsp3) is 0.125. The van der Waals surface area contributed by atoms with E-state index < -0.39 is 22.8 Å². The summed E-state index contributed by atoms with van der Waals surface area (Å²) in [7, 11) is 0. The van der Waals surface area contributed by atoms with Gasteiger partial charge in [0.1, 0.15) is 0 Å². The molecule has 2 N–H and O–H groups in total. The van der Waals surface area contributed by atoms with Crippen LogP contribution in [0.4, 0.5) is 5.69 Å². The Bertz CT molecular complexity index is 730. The van der Waals surface area contributed by atoms with Crippen molar-refractivity contribution in [3.63, 3.8) is 0 Å². The summed E-state index contributed by atoms with van der Waals surface area (Å²) in [4.78, 5) is 33.5. The number of carbonyl (C=O) groups excluding carboxylic acids is 1. The van der Waals surface area contributed by atoms with E-state index >= 15 is 0 Å². The third-order valence-electron chi connectivity index (χ3n) is 3.20. The average molecular weight is 314 g/mol. The lowest BCUT2D eigenvalue weighted by molar-refractivity contribution is -0.384. The summed E-state index contributed by atoms with van der Waals surface area (Å²) in [5, 5.41) is 22.5. The van der Waals surface area contributed by atoms with Crippen molar-refractivity contribution in [1.29, 1.82) is 0 Å². The maximum atomic E-state index is 12.2. The number of nitrogens with zero attached hydrogens (tertiary/aromatic N) is 1. The highest BCUT2D eigenvalue weighted by atomic mass is 16.6. The Hall–Kier alpha value is -3.22. The van der Waals surface area contributed by atoms with Crippen LogP contribution in [0.1, 0.15) is 28.4 Å². The molecule has 118 valence electrons. The van der Waals surface area contributed by atoms with Crippen LogP contribution in [0.25, 0.3) is 0 Å². The highest BCUT2D eigenvalue weighted by Crippen LogP contribution is 2.22. The number of nitro groups is 1. The van der Waals surface area contributed by atoms with Crippen molar-refractivity contribution in [3.8, 4) is 0 Å². The molecule has 0 spiro atoms. The van der Waals surface area contributed by atoms with Gasteiger partial charge in [-0.3, -0.25) is 19.7 Å². The number of amides is 1. The molecule has 2 aromatic carbocycles. The summed E-state index contributed by atoms with van der Waals surface area (Å²) < 4.78 is 0.